The van der Waals surface area contributed by atoms with Crippen LogP contribution < -0.4 is 0 Å². The fourth-order valence-electron chi connectivity index (χ4n) is 2.15. The zero-order chi connectivity index (χ0) is 14.6. The number of aliphatic imine (C=N–C) groups is 2. The van der Waals surface area contributed by atoms with Crippen LogP contribution in [0.1, 0.15) is 76.0 Å². The summed E-state index contributed by atoms with van der Waals surface area (Å²) in [5.74, 6) is 1.44. The number of nitrogens with zero attached hydrogens (tertiary/aromatic N) is 2. The molecule has 104 valence electrons. The molecule has 0 aromatic heterocycles. The fourth-order valence-corrected chi connectivity index (χ4v) is 2.15. The van der Waals surface area contributed by atoms with E-state index >= 15 is 0 Å². The van der Waals surface area contributed by atoms with Gasteiger partial charge in [-0.15, -0.1) is 0 Å². The highest BCUT2D eigenvalue weighted by atomic mass is 14.8. The van der Waals surface area contributed by atoms with Crippen molar-refractivity contribution in [1.29, 1.82) is 0 Å². The first kappa shape index (κ1) is 15.7. The molecule has 0 unspecified atom stereocenters. The number of hydrogen-bond donors (Lipinski definition) is 0. The minimum absolute atomic E-state index is 0.452. The smallest absolute Gasteiger partial charge is 0.0946 e. The average molecular weight is 258 g/mol. The summed E-state index contributed by atoms with van der Waals surface area (Å²) in [5.41, 5.74) is 5.04. The van der Waals surface area contributed by atoms with E-state index in [1.165, 1.54) is 16.7 Å². The fraction of sp³-hybridized carbons (Fsp3) is 0.588. The molecule has 1 aromatic carbocycles. The van der Waals surface area contributed by atoms with E-state index in [2.05, 4.69) is 69.7 Å². The predicted molar refractivity (Wildman–Crippen MR) is 84.2 cm³/mol. The van der Waals surface area contributed by atoms with Gasteiger partial charge in [0.2, 0.25) is 0 Å². The largest absolute Gasteiger partial charge is 0.229 e. The Hall–Kier alpha value is -1.40. The summed E-state index contributed by atoms with van der Waals surface area (Å²) < 4.78 is 0. The zero-order valence-electron chi connectivity index (χ0n) is 13.3. The molecule has 0 spiro atoms. The first-order valence-electron chi connectivity index (χ1n) is 7.10. The van der Waals surface area contributed by atoms with Crippen LogP contribution in [0.2, 0.25) is 0 Å². The van der Waals surface area contributed by atoms with Gasteiger partial charge in [-0.05, 0) is 34.4 Å². The van der Waals surface area contributed by atoms with Crippen molar-refractivity contribution in [2.24, 2.45) is 9.98 Å². The van der Waals surface area contributed by atoms with Crippen LogP contribution in [-0.4, -0.2) is 13.1 Å². The van der Waals surface area contributed by atoms with E-state index in [0.717, 1.165) is 5.69 Å². The molecule has 0 saturated carbocycles. The Morgan fingerprint density at radius 3 is 1.63 bits per heavy atom. The summed E-state index contributed by atoms with van der Waals surface area (Å²) in [6.45, 7) is 13.3. The first-order valence-corrected chi connectivity index (χ1v) is 7.10. The van der Waals surface area contributed by atoms with Gasteiger partial charge < -0.3 is 0 Å². The molecule has 1 aromatic rings. The maximum Gasteiger partial charge on any atom is 0.0946 e. The molecule has 0 aliphatic carbocycles. The van der Waals surface area contributed by atoms with Crippen LogP contribution >= 0.6 is 0 Å². The van der Waals surface area contributed by atoms with Crippen molar-refractivity contribution in [1.82, 2.24) is 0 Å². The van der Waals surface area contributed by atoms with Gasteiger partial charge in [0.15, 0.2) is 0 Å². The molecule has 0 amide bonds. The van der Waals surface area contributed by atoms with Crippen molar-refractivity contribution in [3.63, 3.8) is 0 Å². The second-order valence-electron chi connectivity index (χ2n) is 5.95. The summed E-state index contributed by atoms with van der Waals surface area (Å²) >= 11 is 0. The van der Waals surface area contributed by atoms with Gasteiger partial charge in [-0.3, -0.25) is 0 Å². The lowest BCUT2D eigenvalue weighted by atomic mass is 9.87. The maximum absolute atomic E-state index is 4.45. The van der Waals surface area contributed by atoms with Crippen molar-refractivity contribution in [2.75, 3.05) is 7.05 Å². The van der Waals surface area contributed by atoms with Crippen molar-refractivity contribution in [2.45, 2.75) is 59.3 Å². The van der Waals surface area contributed by atoms with E-state index in [-0.39, 0.29) is 0 Å². The summed E-state index contributed by atoms with van der Waals surface area (Å²) in [4.78, 5) is 8.32. The van der Waals surface area contributed by atoms with Crippen molar-refractivity contribution in [3.05, 3.63) is 28.8 Å². The lowest BCUT2D eigenvalue weighted by Crippen LogP contribution is -2.00. The van der Waals surface area contributed by atoms with E-state index in [1.807, 2.05) is 0 Å². The van der Waals surface area contributed by atoms with Gasteiger partial charge in [-0.1, -0.05) is 53.7 Å². The number of hydrogen-bond acceptors (Lipinski definition) is 2. The van der Waals surface area contributed by atoms with Crippen LogP contribution in [0.5, 0.6) is 0 Å². The minimum atomic E-state index is 0.452. The van der Waals surface area contributed by atoms with Gasteiger partial charge in [0.05, 0.1) is 11.7 Å². The number of rotatable bonds is 4. The summed E-state index contributed by atoms with van der Waals surface area (Å²) in [5, 5.41) is 0. The number of benzene rings is 1. The van der Waals surface area contributed by atoms with Crippen LogP contribution in [0.3, 0.4) is 0 Å². The van der Waals surface area contributed by atoms with Gasteiger partial charge in [0.1, 0.15) is 0 Å². The molecular weight excluding hydrogens is 232 g/mol. The van der Waals surface area contributed by atoms with Crippen LogP contribution in [0.15, 0.2) is 22.1 Å². The standard InChI is InChI=1S/C17H26N2/c1-11(2)14-8-15(12(3)4)17(19-10-18-7)16(9-14)13(5)6/h8-9,11-13H,1-7H3. The van der Waals surface area contributed by atoms with Crippen LogP contribution in [0, 0.1) is 0 Å². The Bertz CT molecular complexity index is 461. The Morgan fingerprint density at radius 1 is 0.842 bits per heavy atom. The van der Waals surface area contributed by atoms with E-state index in [9.17, 15) is 0 Å². The van der Waals surface area contributed by atoms with Gasteiger partial charge in [0.25, 0.3) is 0 Å². The molecule has 0 heterocycles. The van der Waals surface area contributed by atoms with Gasteiger partial charge in [-0.25, -0.2) is 4.99 Å². The Morgan fingerprint density at radius 2 is 1.32 bits per heavy atom. The predicted octanol–water partition coefficient (Wildman–Crippen LogP) is 5.49. The highest BCUT2D eigenvalue weighted by Gasteiger charge is 2.16. The zero-order valence-corrected chi connectivity index (χ0v) is 13.3. The Labute approximate surface area is 117 Å². The highest BCUT2D eigenvalue weighted by molar-refractivity contribution is 5.63. The highest BCUT2D eigenvalue weighted by Crippen LogP contribution is 2.37. The van der Waals surface area contributed by atoms with Crippen molar-refractivity contribution >= 4 is 11.7 Å². The van der Waals surface area contributed by atoms with Gasteiger partial charge >= 0.3 is 0 Å². The molecule has 0 aliphatic rings. The van der Waals surface area contributed by atoms with Crippen LogP contribution in [0.4, 0.5) is 5.69 Å². The van der Waals surface area contributed by atoms with Crippen molar-refractivity contribution in [3.8, 4) is 0 Å². The monoisotopic (exact) mass is 258 g/mol. The molecular formula is C17H26N2. The van der Waals surface area contributed by atoms with Gasteiger partial charge in [-0.2, -0.15) is 4.99 Å². The molecule has 0 fully saturated rings. The summed E-state index contributed by atoms with van der Waals surface area (Å²) in [6, 6.07) is 7.33. The third-order valence-corrected chi connectivity index (χ3v) is 3.36. The van der Waals surface area contributed by atoms with E-state index < -0.39 is 0 Å². The maximum atomic E-state index is 4.45. The topological polar surface area (TPSA) is 24.7 Å². The third kappa shape index (κ3) is 3.78. The molecule has 0 N–H and O–H groups in total. The molecule has 19 heavy (non-hydrogen) atoms. The minimum Gasteiger partial charge on any atom is -0.229 e. The molecule has 0 atom stereocenters. The van der Waals surface area contributed by atoms with E-state index in [1.54, 1.807) is 7.05 Å². The normalized spacial score (nSPS) is 11.1. The molecule has 2 heteroatoms. The van der Waals surface area contributed by atoms with Crippen LogP contribution in [0.25, 0.3) is 0 Å². The Kier molecular flexibility index (Phi) is 5.50. The average Bonchev–Trinajstić information content (AvgIpc) is 2.34. The third-order valence-electron chi connectivity index (χ3n) is 3.36. The summed E-state index contributed by atoms with van der Waals surface area (Å²) in [7, 11) is 1.70. The van der Waals surface area contributed by atoms with E-state index in [4.69, 9.17) is 0 Å². The lowest BCUT2D eigenvalue weighted by Gasteiger charge is -2.19. The molecule has 0 bridgehead atoms. The second-order valence-corrected chi connectivity index (χ2v) is 5.95. The second kappa shape index (κ2) is 6.68. The van der Waals surface area contributed by atoms with Gasteiger partial charge in [0, 0.05) is 7.05 Å². The molecule has 0 aliphatic heterocycles. The molecule has 0 radical (unpaired) electrons. The first-order chi connectivity index (χ1) is 8.88. The molecule has 0 saturated heterocycles. The Balaban J connectivity index is 3.60. The van der Waals surface area contributed by atoms with Crippen molar-refractivity contribution < 1.29 is 0 Å². The molecule has 1 rings (SSSR count). The van der Waals surface area contributed by atoms with E-state index in [0.29, 0.717) is 17.8 Å². The quantitative estimate of drug-likeness (QED) is 0.638. The lowest BCUT2D eigenvalue weighted by molar-refractivity contribution is 0.805. The summed E-state index contributed by atoms with van der Waals surface area (Å²) in [6.07, 6.45) is 0. The van der Waals surface area contributed by atoms with Crippen LogP contribution in [-0.2, 0) is 0 Å². The SMILES string of the molecule is CN=C=Nc1c(C(C)C)cc(C(C)C)cc1C(C)C. The molecule has 2 nitrogen and oxygen atoms in total.